The molecule has 0 bridgehead atoms. The summed E-state index contributed by atoms with van der Waals surface area (Å²) in [4.78, 5) is 0. The summed E-state index contributed by atoms with van der Waals surface area (Å²) in [6, 6.07) is 8.56. The molecular weight excluding hydrogens is 182 g/mol. The van der Waals surface area contributed by atoms with Gasteiger partial charge in [0.25, 0.3) is 0 Å². The lowest BCUT2D eigenvalue weighted by Gasteiger charge is -2.12. The van der Waals surface area contributed by atoms with Gasteiger partial charge in [0.05, 0.1) is 0 Å². The smallest absolute Gasteiger partial charge is 0.0297 e. The molecule has 0 spiro atoms. The molecule has 0 aliphatic carbocycles. The topological polar surface area (TPSA) is 26.0 Å². The zero-order valence-electron chi connectivity index (χ0n) is 8.29. The lowest BCUT2D eigenvalue weighted by Crippen LogP contribution is -2.10. The van der Waals surface area contributed by atoms with Gasteiger partial charge in [-0.3, -0.25) is 0 Å². The van der Waals surface area contributed by atoms with Gasteiger partial charge in [0.15, 0.2) is 0 Å². The van der Waals surface area contributed by atoms with Crippen LogP contribution in [0.5, 0.6) is 0 Å². The predicted molar refractivity (Wildman–Crippen MR) is 60.3 cm³/mol. The molecule has 2 heteroatoms. The summed E-state index contributed by atoms with van der Waals surface area (Å²) >= 11 is 0. The van der Waals surface area contributed by atoms with Crippen molar-refractivity contribution in [2.75, 3.05) is 0 Å². The first kappa shape index (κ1) is 12.5. The van der Waals surface area contributed by atoms with Gasteiger partial charge in [-0.1, -0.05) is 37.6 Å². The normalized spacial score (nSPS) is 11.9. The van der Waals surface area contributed by atoms with E-state index in [1.54, 1.807) is 0 Å². The van der Waals surface area contributed by atoms with Crippen LogP contribution in [0.3, 0.4) is 0 Å². The average molecular weight is 200 g/mol. The highest BCUT2D eigenvalue weighted by Gasteiger charge is 2.05. The molecule has 2 N–H and O–H groups in total. The van der Waals surface area contributed by atoms with E-state index in [4.69, 9.17) is 5.73 Å². The van der Waals surface area contributed by atoms with Crippen LogP contribution in [0.2, 0.25) is 0 Å². The largest absolute Gasteiger partial charge is 0.324 e. The van der Waals surface area contributed by atoms with E-state index in [0.717, 1.165) is 12.8 Å². The number of benzene rings is 1. The number of rotatable bonds is 3. The molecule has 0 aliphatic rings. The molecule has 1 nitrogen and oxygen atoms in total. The number of aryl methyl sites for hydroxylation is 1. The second-order valence-corrected chi connectivity index (χ2v) is 3.25. The first-order chi connectivity index (χ1) is 5.75. The molecule has 74 valence electrons. The number of halogens is 1. The number of hydrogen-bond donors (Lipinski definition) is 1. The van der Waals surface area contributed by atoms with E-state index in [1.165, 1.54) is 11.1 Å². The van der Waals surface area contributed by atoms with Gasteiger partial charge >= 0.3 is 0 Å². The minimum atomic E-state index is 0. The molecular formula is C11H18ClN. The maximum absolute atomic E-state index is 6.01. The molecule has 0 unspecified atom stereocenters. The number of hydrogen-bond acceptors (Lipinski definition) is 1. The monoisotopic (exact) mass is 199 g/mol. The third-order valence-electron chi connectivity index (χ3n) is 2.19. The number of nitrogens with two attached hydrogens (primary N) is 1. The van der Waals surface area contributed by atoms with E-state index in [1.807, 2.05) is 0 Å². The molecule has 0 aromatic heterocycles. The summed E-state index contributed by atoms with van der Waals surface area (Å²) in [6.45, 7) is 4.28. The molecule has 1 atom stereocenters. The first-order valence-electron chi connectivity index (χ1n) is 4.56. The zero-order chi connectivity index (χ0) is 8.97. The fourth-order valence-electron chi connectivity index (χ4n) is 1.47. The van der Waals surface area contributed by atoms with E-state index >= 15 is 0 Å². The van der Waals surface area contributed by atoms with E-state index < -0.39 is 0 Å². The minimum Gasteiger partial charge on any atom is -0.324 e. The summed E-state index contributed by atoms with van der Waals surface area (Å²) in [7, 11) is 0. The zero-order valence-corrected chi connectivity index (χ0v) is 9.10. The van der Waals surface area contributed by atoms with Crippen molar-refractivity contribution in [1.82, 2.24) is 0 Å². The Labute approximate surface area is 86.7 Å². The van der Waals surface area contributed by atoms with Crippen molar-refractivity contribution in [3.8, 4) is 0 Å². The van der Waals surface area contributed by atoms with Crippen LogP contribution in [-0.2, 0) is 0 Å². The second-order valence-electron chi connectivity index (χ2n) is 3.25. The Bertz CT molecular complexity index is 248. The highest BCUT2D eigenvalue weighted by atomic mass is 35.5. The van der Waals surface area contributed by atoms with Gasteiger partial charge in [-0.25, -0.2) is 0 Å². The van der Waals surface area contributed by atoms with Gasteiger partial charge in [-0.15, -0.1) is 12.4 Å². The minimum absolute atomic E-state index is 0. The van der Waals surface area contributed by atoms with E-state index in [2.05, 4.69) is 38.1 Å². The average Bonchev–Trinajstić information content (AvgIpc) is 2.05. The Hall–Kier alpha value is -0.530. The Morgan fingerprint density at radius 2 is 1.92 bits per heavy atom. The molecule has 1 aromatic rings. The Morgan fingerprint density at radius 1 is 1.31 bits per heavy atom. The SMILES string of the molecule is CCC[C@H](N)c1ccccc1C.Cl. The van der Waals surface area contributed by atoms with Gasteiger partial charge in [0.1, 0.15) is 0 Å². The third kappa shape index (κ3) is 3.37. The fraction of sp³-hybridized carbons (Fsp3) is 0.455. The van der Waals surface area contributed by atoms with Crippen LogP contribution >= 0.6 is 12.4 Å². The molecule has 1 rings (SSSR count). The van der Waals surface area contributed by atoms with Gasteiger partial charge in [-0.2, -0.15) is 0 Å². The summed E-state index contributed by atoms with van der Waals surface area (Å²) < 4.78 is 0. The molecule has 0 fully saturated rings. The summed E-state index contributed by atoms with van der Waals surface area (Å²) in [5, 5.41) is 0. The Kier molecular flexibility index (Phi) is 5.76. The summed E-state index contributed by atoms with van der Waals surface area (Å²) in [5.74, 6) is 0. The van der Waals surface area contributed by atoms with Crippen molar-refractivity contribution in [2.45, 2.75) is 32.7 Å². The highest BCUT2D eigenvalue weighted by Crippen LogP contribution is 2.18. The lowest BCUT2D eigenvalue weighted by molar-refractivity contribution is 0.635. The predicted octanol–water partition coefficient (Wildman–Crippen LogP) is 3.22. The standard InChI is InChI=1S/C11H17N.ClH/c1-3-6-11(12)10-8-5-4-7-9(10)2;/h4-5,7-8,11H,3,6,12H2,1-2H3;1H/t11-;/m0./s1. The molecule has 0 saturated carbocycles. The van der Waals surface area contributed by atoms with Crippen molar-refractivity contribution < 1.29 is 0 Å². The lowest BCUT2D eigenvalue weighted by atomic mass is 9.99. The van der Waals surface area contributed by atoms with Gasteiger partial charge in [0, 0.05) is 6.04 Å². The molecule has 0 saturated heterocycles. The Balaban J connectivity index is 0.00000144. The van der Waals surface area contributed by atoms with Gasteiger partial charge in [-0.05, 0) is 24.5 Å². The van der Waals surface area contributed by atoms with E-state index in [0.29, 0.717) is 0 Å². The molecule has 0 radical (unpaired) electrons. The van der Waals surface area contributed by atoms with Crippen molar-refractivity contribution in [3.05, 3.63) is 35.4 Å². The summed E-state index contributed by atoms with van der Waals surface area (Å²) in [5.41, 5.74) is 8.60. The van der Waals surface area contributed by atoms with Crippen molar-refractivity contribution in [3.63, 3.8) is 0 Å². The van der Waals surface area contributed by atoms with Crippen LogP contribution in [0.15, 0.2) is 24.3 Å². The van der Waals surface area contributed by atoms with Crippen LogP contribution in [0, 0.1) is 6.92 Å². The van der Waals surface area contributed by atoms with Gasteiger partial charge < -0.3 is 5.73 Å². The molecule has 1 aromatic carbocycles. The highest BCUT2D eigenvalue weighted by molar-refractivity contribution is 5.85. The van der Waals surface area contributed by atoms with Gasteiger partial charge in [0.2, 0.25) is 0 Å². The van der Waals surface area contributed by atoms with Crippen LogP contribution in [0.4, 0.5) is 0 Å². The van der Waals surface area contributed by atoms with Crippen molar-refractivity contribution in [2.24, 2.45) is 5.73 Å². The molecule has 0 heterocycles. The third-order valence-corrected chi connectivity index (χ3v) is 2.19. The van der Waals surface area contributed by atoms with Crippen molar-refractivity contribution >= 4 is 12.4 Å². The molecule has 0 aliphatic heterocycles. The van der Waals surface area contributed by atoms with E-state index in [9.17, 15) is 0 Å². The fourth-order valence-corrected chi connectivity index (χ4v) is 1.47. The quantitative estimate of drug-likeness (QED) is 0.795. The van der Waals surface area contributed by atoms with Crippen molar-refractivity contribution in [1.29, 1.82) is 0 Å². The first-order valence-corrected chi connectivity index (χ1v) is 4.56. The maximum Gasteiger partial charge on any atom is 0.0297 e. The van der Waals surface area contributed by atoms with Crippen LogP contribution in [0.25, 0.3) is 0 Å². The maximum atomic E-state index is 6.01. The molecule has 13 heavy (non-hydrogen) atoms. The van der Waals surface area contributed by atoms with Crippen LogP contribution < -0.4 is 5.73 Å². The second kappa shape index (κ2) is 6.01. The molecule has 0 amide bonds. The van der Waals surface area contributed by atoms with Crippen LogP contribution in [-0.4, -0.2) is 0 Å². The summed E-state index contributed by atoms with van der Waals surface area (Å²) in [6.07, 6.45) is 2.22. The van der Waals surface area contributed by atoms with E-state index in [-0.39, 0.29) is 18.4 Å². The Morgan fingerprint density at radius 3 is 2.46 bits per heavy atom. The van der Waals surface area contributed by atoms with Crippen LogP contribution in [0.1, 0.15) is 36.9 Å².